The van der Waals surface area contributed by atoms with Crippen molar-refractivity contribution >= 4 is 17.9 Å². The van der Waals surface area contributed by atoms with Crippen molar-refractivity contribution in [2.24, 2.45) is 0 Å². The molecule has 0 bridgehead atoms. The summed E-state index contributed by atoms with van der Waals surface area (Å²) >= 11 is 0. The number of carbonyl (C=O) groups is 3. The second kappa shape index (κ2) is 58.6. The van der Waals surface area contributed by atoms with Gasteiger partial charge in [-0.15, -0.1) is 0 Å². The zero-order valence-electron chi connectivity index (χ0n) is 46.2. The predicted molar refractivity (Wildman–Crippen MR) is 307 cm³/mol. The molecule has 6 heteroatoms. The van der Waals surface area contributed by atoms with Crippen molar-refractivity contribution in [2.75, 3.05) is 13.2 Å². The van der Waals surface area contributed by atoms with Crippen molar-refractivity contribution in [3.05, 3.63) is 109 Å². The summed E-state index contributed by atoms with van der Waals surface area (Å²) in [6.07, 6.45) is 79.8. The molecule has 0 aromatic carbocycles. The number of allylic oxidation sites excluding steroid dienone is 18. The lowest BCUT2D eigenvalue weighted by molar-refractivity contribution is -0.167. The van der Waals surface area contributed by atoms with E-state index in [1.807, 2.05) is 0 Å². The Morgan fingerprint density at radius 1 is 0.296 bits per heavy atom. The van der Waals surface area contributed by atoms with E-state index in [1.54, 1.807) is 0 Å². The zero-order chi connectivity index (χ0) is 51.4. The van der Waals surface area contributed by atoms with Gasteiger partial charge in [-0.1, -0.05) is 246 Å². The molecule has 0 heterocycles. The molecule has 0 aliphatic carbocycles. The maximum absolute atomic E-state index is 12.8. The average Bonchev–Trinajstić information content (AvgIpc) is 3.37. The van der Waals surface area contributed by atoms with Gasteiger partial charge in [0, 0.05) is 19.3 Å². The van der Waals surface area contributed by atoms with Crippen molar-refractivity contribution in [1.82, 2.24) is 0 Å². The lowest BCUT2D eigenvalue weighted by atomic mass is 10.1. The van der Waals surface area contributed by atoms with Gasteiger partial charge in [0.1, 0.15) is 13.2 Å². The molecule has 0 aliphatic heterocycles. The molecular weight excluding hydrogens is 877 g/mol. The third-order valence-corrected chi connectivity index (χ3v) is 12.3. The molecule has 0 aromatic rings. The summed E-state index contributed by atoms with van der Waals surface area (Å²) in [7, 11) is 0. The van der Waals surface area contributed by atoms with Gasteiger partial charge in [-0.25, -0.2) is 0 Å². The Kier molecular flexibility index (Phi) is 55.4. The van der Waals surface area contributed by atoms with Crippen molar-refractivity contribution in [2.45, 2.75) is 271 Å². The Morgan fingerprint density at radius 2 is 0.549 bits per heavy atom. The minimum absolute atomic E-state index is 0.0877. The summed E-state index contributed by atoms with van der Waals surface area (Å²) in [6.45, 7) is 6.41. The molecule has 6 nitrogen and oxygen atoms in total. The highest BCUT2D eigenvalue weighted by molar-refractivity contribution is 5.71. The normalized spacial score (nSPS) is 12.9. The Labute approximate surface area is 438 Å². The van der Waals surface area contributed by atoms with Crippen LogP contribution in [0, 0.1) is 0 Å². The maximum Gasteiger partial charge on any atom is 0.306 e. The largest absolute Gasteiger partial charge is 0.462 e. The first-order valence-corrected chi connectivity index (χ1v) is 29.4. The van der Waals surface area contributed by atoms with Crippen LogP contribution >= 0.6 is 0 Å². The molecule has 0 aromatic heterocycles. The molecule has 0 rings (SSSR count). The molecule has 0 N–H and O–H groups in total. The Balaban J connectivity index is 4.17. The lowest BCUT2D eigenvalue weighted by Gasteiger charge is -2.18. The summed E-state index contributed by atoms with van der Waals surface area (Å²) in [5, 5.41) is 0. The number of hydrogen-bond acceptors (Lipinski definition) is 6. The molecule has 0 saturated heterocycles. The van der Waals surface area contributed by atoms with Gasteiger partial charge < -0.3 is 14.2 Å². The first-order chi connectivity index (χ1) is 35.0. The third kappa shape index (κ3) is 56.9. The van der Waals surface area contributed by atoms with Crippen LogP contribution in [0.5, 0.6) is 0 Å². The molecule has 1 unspecified atom stereocenters. The van der Waals surface area contributed by atoms with Gasteiger partial charge in [0.05, 0.1) is 0 Å². The first kappa shape index (κ1) is 67.1. The number of rotatable bonds is 52. The average molecular weight is 986 g/mol. The van der Waals surface area contributed by atoms with E-state index in [-0.39, 0.29) is 31.1 Å². The summed E-state index contributed by atoms with van der Waals surface area (Å²) in [6, 6.07) is 0. The fourth-order valence-corrected chi connectivity index (χ4v) is 7.86. The van der Waals surface area contributed by atoms with Gasteiger partial charge in [0.2, 0.25) is 0 Å². The third-order valence-electron chi connectivity index (χ3n) is 12.3. The van der Waals surface area contributed by atoms with Gasteiger partial charge in [-0.3, -0.25) is 14.4 Å². The SMILES string of the molecule is CC/C=C\C/C=C\C/C=C\C/C=C\C/C=C\C/C=C\C/C=C\CCCCCCCC(=O)OCC(COC(=O)CCCCCCC)OC(=O)CCCCCCCCCCC/C=C\C/C=C\CCCCCCC. The monoisotopic (exact) mass is 985 g/mol. The van der Waals surface area contributed by atoms with Crippen LogP contribution in [-0.2, 0) is 28.6 Å². The Bertz CT molecular complexity index is 1460. The van der Waals surface area contributed by atoms with E-state index in [0.29, 0.717) is 19.3 Å². The molecular formula is C65H108O6. The van der Waals surface area contributed by atoms with E-state index in [4.69, 9.17) is 14.2 Å². The number of hydrogen-bond donors (Lipinski definition) is 0. The van der Waals surface area contributed by atoms with Gasteiger partial charge in [0.15, 0.2) is 6.10 Å². The van der Waals surface area contributed by atoms with Crippen molar-refractivity contribution < 1.29 is 28.6 Å². The minimum Gasteiger partial charge on any atom is -0.462 e. The fourth-order valence-electron chi connectivity index (χ4n) is 7.86. The van der Waals surface area contributed by atoms with Crippen LogP contribution in [0.3, 0.4) is 0 Å². The van der Waals surface area contributed by atoms with Gasteiger partial charge in [0.25, 0.3) is 0 Å². The highest BCUT2D eigenvalue weighted by Crippen LogP contribution is 2.14. The van der Waals surface area contributed by atoms with E-state index >= 15 is 0 Å². The molecule has 0 fully saturated rings. The minimum atomic E-state index is -0.787. The van der Waals surface area contributed by atoms with Gasteiger partial charge in [-0.2, -0.15) is 0 Å². The molecule has 0 aliphatic rings. The summed E-state index contributed by atoms with van der Waals surface area (Å²) in [4.78, 5) is 37.8. The van der Waals surface area contributed by atoms with Crippen molar-refractivity contribution in [3.8, 4) is 0 Å². The van der Waals surface area contributed by atoms with Crippen LogP contribution in [0.4, 0.5) is 0 Å². The molecule has 0 radical (unpaired) electrons. The Morgan fingerprint density at radius 3 is 0.859 bits per heavy atom. The smallest absolute Gasteiger partial charge is 0.306 e. The topological polar surface area (TPSA) is 78.9 Å². The Hall–Kier alpha value is -3.93. The fraction of sp³-hybridized carbons (Fsp3) is 0.677. The first-order valence-electron chi connectivity index (χ1n) is 29.4. The van der Waals surface area contributed by atoms with Crippen molar-refractivity contribution in [3.63, 3.8) is 0 Å². The number of carbonyl (C=O) groups excluding carboxylic acids is 3. The summed E-state index contributed by atoms with van der Waals surface area (Å²) in [5.74, 6) is -0.925. The zero-order valence-corrected chi connectivity index (χ0v) is 46.2. The lowest BCUT2D eigenvalue weighted by Crippen LogP contribution is -2.30. The van der Waals surface area contributed by atoms with E-state index < -0.39 is 6.10 Å². The van der Waals surface area contributed by atoms with Gasteiger partial charge >= 0.3 is 17.9 Å². The quantitative estimate of drug-likeness (QED) is 0.0261. The summed E-state index contributed by atoms with van der Waals surface area (Å²) < 4.78 is 16.7. The molecule has 0 spiro atoms. The van der Waals surface area contributed by atoms with Crippen molar-refractivity contribution in [1.29, 1.82) is 0 Å². The standard InChI is InChI=1S/C65H108O6/c1-4-7-10-13-15-17-19-21-23-25-27-29-30-31-32-33-34-36-37-39-41-43-45-47-49-52-55-58-64(67)70-61-62(60-69-63(66)57-54-51-12-9-6-3)71-65(68)59-56-53-50-48-46-44-42-40-38-35-28-26-24-22-20-18-16-14-11-8-5-2/h7,10,15,17,20-23,26-29,31-32,34,36,39,41,62H,4-6,8-9,11-14,16,18-19,24-25,30,33,35,37-38,40,42-61H2,1-3H3/b10-7-,17-15-,22-20-,23-21-,28-26-,29-27-,32-31-,36-34-,41-39-. The molecule has 0 saturated carbocycles. The van der Waals surface area contributed by atoms with E-state index in [2.05, 4.69) is 130 Å². The summed E-state index contributed by atoms with van der Waals surface area (Å²) in [5.41, 5.74) is 0. The van der Waals surface area contributed by atoms with Crippen LogP contribution in [0.1, 0.15) is 265 Å². The highest BCUT2D eigenvalue weighted by atomic mass is 16.6. The predicted octanol–water partition coefficient (Wildman–Crippen LogP) is 19.9. The second-order valence-electron chi connectivity index (χ2n) is 19.2. The van der Waals surface area contributed by atoms with Crippen LogP contribution in [0.25, 0.3) is 0 Å². The highest BCUT2D eigenvalue weighted by Gasteiger charge is 2.19. The number of ether oxygens (including phenoxy) is 3. The second-order valence-corrected chi connectivity index (χ2v) is 19.2. The van der Waals surface area contributed by atoms with Crippen LogP contribution < -0.4 is 0 Å². The molecule has 0 amide bonds. The van der Waals surface area contributed by atoms with E-state index in [0.717, 1.165) is 135 Å². The van der Waals surface area contributed by atoms with Crippen LogP contribution in [0.2, 0.25) is 0 Å². The number of esters is 3. The molecule has 1 atom stereocenters. The molecule has 404 valence electrons. The maximum atomic E-state index is 12.8. The van der Waals surface area contributed by atoms with Crippen LogP contribution in [-0.4, -0.2) is 37.2 Å². The molecule has 71 heavy (non-hydrogen) atoms. The van der Waals surface area contributed by atoms with Crippen LogP contribution in [0.15, 0.2) is 109 Å². The van der Waals surface area contributed by atoms with E-state index in [9.17, 15) is 14.4 Å². The number of unbranched alkanes of at least 4 members (excludes halogenated alkanes) is 23. The van der Waals surface area contributed by atoms with Gasteiger partial charge in [-0.05, 0) is 109 Å². The van der Waals surface area contributed by atoms with E-state index in [1.165, 1.54) is 89.9 Å².